The Hall–Kier alpha value is 0.369. The second kappa shape index (κ2) is 12.8. The molecule has 2 atom stereocenters. The summed E-state index contributed by atoms with van der Waals surface area (Å²) in [5.74, 6) is 0.0864. The molecule has 2 aromatic carbocycles. The van der Waals surface area contributed by atoms with Crippen molar-refractivity contribution in [2.45, 2.75) is 12.8 Å². The van der Waals surface area contributed by atoms with Gasteiger partial charge in [0.2, 0.25) is 0 Å². The molecule has 0 aromatic heterocycles. The van der Waals surface area contributed by atoms with Crippen molar-refractivity contribution in [3.05, 3.63) is 60.2 Å². The SMILES string of the molecule is CC(CP(=O)([O-])CN(C)C)c1ccc[cH-]1.[Fe+2].[Na+].c1cc[cH-]c1. The van der Waals surface area contributed by atoms with Crippen LogP contribution in [0.2, 0.25) is 0 Å². The maximum absolute atomic E-state index is 11.7. The quantitative estimate of drug-likeness (QED) is 0.425. The molecule has 3 nitrogen and oxygen atoms in total. The molecule has 6 heteroatoms. The molecule has 22 heavy (non-hydrogen) atoms. The van der Waals surface area contributed by atoms with Gasteiger partial charge < -0.3 is 14.4 Å². The predicted octanol–water partition coefficient (Wildman–Crippen LogP) is 0.0735. The summed E-state index contributed by atoms with van der Waals surface area (Å²) < 4.78 is 11.7. The number of rotatable bonds is 5. The van der Waals surface area contributed by atoms with Gasteiger partial charge in [-0.2, -0.15) is 35.9 Å². The molecule has 0 bridgehead atoms. The normalized spacial score (nSPS) is 13.9. The topological polar surface area (TPSA) is 43.4 Å². The van der Waals surface area contributed by atoms with Gasteiger partial charge in [0.15, 0.2) is 0 Å². The van der Waals surface area contributed by atoms with Gasteiger partial charge in [0.1, 0.15) is 0 Å². The predicted molar refractivity (Wildman–Crippen MR) is 83.5 cm³/mol. The first-order valence-corrected chi connectivity index (χ1v) is 8.72. The first kappa shape index (κ1) is 24.6. The third-order valence-electron chi connectivity index (χ3n) is 2.86. The fourth-order valence-electron chi connectivity index (χ4n) is 2.05. The summed E-state index contributed by atoms with van der Waals surface area (Å²) >= 11 is 0. The maximum atomic E-state index is 11.7. The van der Waals surface area contributed by atoms with Crippen LogP contribution in [0, 0.1) is 0 Å². The van der Waals surface area contributed by atoms with Crippen LogP contribution in [0.15, 0.2) is 54.6 Å². The van der Waals surface area contributed by atoms with Gasteiger partial charge in [-0.05, 0) is 26.2 Å². The monoisotopic (exact) mass is 371 g/mol. The van der Waals surface area contributed by atoms with E-state index in [9.17, 15) is 9.46 Å². The van der Waals surface area contributed by atoms with E-state index in [1.807, 2.05) is 61.5 Å². The zero-order valence-corrected chi connectivity index (χ0v) is 17.8. The molecule has 2 unspecified atom stereocenters. The van der Waals surface area contributed by atoms with Crippen molar-refractivity contribution < 1.29 is 56.1 Å². The summed E-state index contributed by atoms with van der Waals surface area (Å²) in [6.45, 7) is 1.95. The second-order valence-electron chi connectivity index (χ2n) is 5.30. The van der Waals surface area contributed by atoms with E-state index < -0.39 is 7.37 Å². The Labute approximate surface area is 167 Å². The minimum Gasteiger partial charge on any atom is -0.798 e. The largest absolute Gasteiger partial charge is 2.00 e. The van der Waals surface area contributed by atoms with Gasteiger partial charge in [-0.15, -0.1) is 0 Å². The Kier molecular flexibility index (Phi) is 14.3. The Morgan fingerprint density at radius 3 is 2.18 bits per heavy atom. The van der Waals surface area contributed by atoms with Crippen LogP contribution >= 0.6 is 7.37 Å². The summed E-state index contributed by atoms with van der Waals surface area (Å²) in [5, 5.41) is 0. The zero-order valence-electron chi connectivity index (χ0n) is 13.8. The number of nitrogens with zero attached hydrogens (tertiary/aromatic N) is 1. The van der Waals surface area contributed by atoms with Crippen LogP contribution in [-0.2, 0) is 21.6 Å². The minimum absolute atomic E-state index is 0. The van der Waals surface area contributed by atoms with Crippen molar-refractivity contribution >= 4 is 7.37 Å². The van der Waals surface area contributed by atoms with Gasteiger partial charge >= 0.3 is 46.6 Å². The first-order chi connectivity index (χ1) is 9.41. The third-order valence-corrected chi connectivity index (χ3v) is 4.96. The molecule has 2 aromatic rings. The van der Waals surface area contributed by atoms with E-state index >= 15 is 0 Å². The molecule has 2 rings (SSSR count). The van der Waals surface area contributed by atoms with Crippen molar-refractivity contribution in [1.29, 1.82) is 0 Å². The summed E-state index contributed by atoms with van der Waals surface area (Å²) in [4.78, 5) is 13.4. The minimum atomic E-state index is -3.27. The fraction of sp³-hybridized carbons (Fsp3) is 0.375. The van der Waals surface area contributed by atoms with E-state index in [4.69, 9.17) is 0 Å². The van der Waals surface area contributed by atoms with Gasteiger partial charge in [0, 0.05) is 13.7 Å². The molecule has 0 saturated heterocycles. The van der Waals surface area contributed by atoms with Crippen LogP contribution in [0.25, 0.3) is 0 Å². The van der Waals surface area contributed by atoms with Gasteiger partial charge in [-0.1, -0.05) is 6.92 Å². The zero-order chi connectivity index (χ0) is 15.0. The van der Waals surface area contributed by atoms with Gasteiger partial charge in [-0.25, -0.2) is 24.3 Å². The molecular formula is C16H23FeNNaO2P. The van der Waals surface area contributed by atoms with E-state index in [-0.39, 0.29) is 65.0 Å². The Morgan fingerprint density at radius 1 is 1.23 bits per heavy atom. The average molecular weight is 371 g/mol. The maximum Gasteiger partial charge on any atom is 2.00 e. The fourth-order valence-corrected chi connectivity index (χ4v) is 4.07. The van der Waals surface area contributed by atoms with Crippen LogP contribution in [0.1, 0.15) is 18.4 Å². The van der Waals surface area contributed by atoms with Gasteiger partial charge in [0.05, 0.1) is 0 Å². The Morgan fingerprint density at radius 2 is 1.82 bits per heavy atom. The van der Waals surface area contributed by atoms with Crippen LogP contribution in [-0.4, -0.2) is 31.4 Å². The van der Waals surface area contributed by atoms with Gasteiger partial charge in [0.25, 0.3) is 0 Å². The molecule has 0 spiro atoms. The first-order valence-electron chi connectivity index (χ1n) is 6.73. The molecule has 0 aliphatic rings. The Balaban J connectivity index is 0. The number of hydrogen-bond acceptors (Lipinski definition) is 3. The van der Waals surface area contributed by atoms with Gasteiger partial charge in [-0.3, -0.25) is 0 Å². The molecular weight excluding hydrogens is 348 g/mol. The van der Waals surface area contributed by atoms with Crippen molar-refractivity contribution in [2.24, 2.45) is 0 Å². The van der Waals surface area contributed by atoms with Crippen molar-refractivity contribution in [3.63, 3.8) is 0 Å². The molecule has 0 aliphatic heterocycles. The smallest absolute Gasteiger partial charge is 0.798 e. The molecule has 0 aliphatic carbocycles. The van der Waals surface area contributed by atoms with Crippen LogP contribution < -0.4 is 34.5 Å². The van der Waals surface area contributed by atoms with Crippen molar-refractivity contribution in [1.82, 2.24) is 4.90 Å². The third kappa shape index (κ3) is 11.0. The molecule has 0 N–H and O–H groups in total. The van der Waals surface area contributed by atoms with Crippen LogP contribution in [0.5, 0.6) is 0 Å². The van der Waals surface area contributed by atoms with Crippen LogP contribution in [0.4, 0.5) is 0 Å². The Bertz CT molecular complexity index is 483. The summed E-state index contributed by atoms with van der Waals surface area (Å²) in [7, 11) is 0.281. The molecule has 0 fully saturated rings. The average Bonchev–Trinajstić information content (AvgIpc) is 3.04. The molecule has 0 heterocycles. The van der Waals surface area contributed by atoms with E-state index in [0.29, 0.717) is 0 Å². The molecule has 0 amide bonds. The van der Waals surface area contributed by atoms with Crippen molar-refractivity contribution in [2.75, 3.05) is 26.5 Å². The van der Waals surface area contributed by atoms with Crippen LogP contribution in [0.3, 0.4) is 0 Å². The summed E-state index contributed by atoms with van der Waals surface area (Å²) in [6.07, 6.45) is 0.396. The van der Waals surface area contributed by atoms with Crippen molar-refractivity contribution in [3.8, 4) is 0 Å². The van der Waals surface area contributed by atoms with E-state index in [1.54, 1.807) is 19.0 Å². The summed E-state index contributed by atoms with van der Waals surface area (Å²) in [5.41, 5.74) is 1.10. The van der Waals surface area contributed by atoms with E-state index in [1.165, 1.54) is 0 Å². The number of hydrogen-bond donors (Lipinski definition) is 0. The standard InChI is InChI=1S/C11H19NO2P.C5H5.Fe.Na/c1-10(11-6-4-5-7-11)8-15(13,14)9-12(2)3;1-2-4-5-3-1;;/h4-7,10H,8-9H2,1-3H3,(H,13,14);1-5H;;/q2*-1;+2;+1/p-1. The molecule has 0 radical (unpaired) electrons. The van der Waals surface area contributed by atoms with E-state index in [2.05, 4.69) is 0 Å². The summed E-state index contributed by atoms with van der Waals surface area (Å²) in [6, 6.07) is 17.8. The molecule has 0 saturated carbocycles. The molecule has 118 valence electrons. The second-order valence-corrected chi connectivity index (χ2v) is 7.58. The van der Waals surface area contributed by atoms with E-state index in [0.717, 1.165) is 5.56 Å².